The van der Waals surface area contributed by atoms with E-state index in [1.54, 1.807) is 7.11 Å². The summed E-state index contributed by atoms with van der Waals surface area (Å²) in [6, 6.07) is 0. The van der Waals surface area contributed by atoms with E-state index < -0.39 is 0 Å². The zero-order chi connectivity index (χ0) is 12.7. The van der Waals surface area contributed by atoms with Gasteiger partial charge in [0.25, 0.3) is 0 Å². The Morgan fingerprint density at radius 3 is 2.31 bits per heavy atom. The average Bonchev–Trinajstić information content (AvgIpc) is 2.55. The highest BCUT2D eigenvalue weighted by Gasteiger charge is 2.39. The lowest BCUT2D eigenvalue weighted by Gasteiger charge is -2.15. The van der Waals surface area contributed by atoms with Gasteiger partial charge >= 0.3 is 0 Å². The Kier molecular flexibility index (Phi) is 6.97. The van der Waals surface area contributed by atoms with Crippen LogP contribution in [0.1, 0.15) is 34.1 Å². The van der Waals surface area contributed by atoms with Crippen molar-refractivity contribution in [2.24, 2.45) is 11.8 Å². The third kappa shape index (κ3) is 3.59. The van der Waals surface area contributed by atoms with Crippen molar-refractivity contribution in [1.29, 1.82) is 0 Å². The Balaban J connectivity index is 0.00000106. The molecule has 0 saturated carbocycles. The molecule has 1 atom stereocenters. The van der Waals surface area contributed by atoms with E-state index in [4.69, 9.17) is 4.74 Å². The molecular weight excluding hydrogens is 206 g/mol. The van der Waals surface area contributed by atoms with Gasteiger partial charge in [0.15, 0.2) is 0 Å². The second kappa shape index (κ2) is 7.39. The molecule has 1 saturated heterocycles. The maximum absolute atomic E-state index is 11.7. The standard InChI is InChI=1S/C10H17NO3.C2H6/c1-7(2)8-6-9(12)11(10(8)13)4-5-14-3;1-2/h7-8H,4-6H2,1-3H3;1-2H3. The second-order valence-electron chi connectivity index (χ2n) is 3.93. The molecular formula is C12H23NO3. The first-order chi connectivity index (χ1) is 7.57. The molecule has 0 bridgehead atoms. The van der Waals surface area contributed by atoms with E-state index >= 15 is 0 Å². The molecule has 0 radical (unpaired) electrons. The lowest BCUT2D eigenvalue weighted by atomic mass is 9.94. The molecule has 94 valence electrons. The molecule has 0 aromatic carbocycles. The molecule has 1 heterocycles. The molecule has 4 nitrogen and oxygen atoms in total. The van der Waals surface area contributed by atoms with E-state index in [2.05, 4.69) is 0 Å². The van der Waals surface area contributed by atoms with Crippen molar-refractivity contribution in [3.8, 4) is 0 Å². The lowest BCUT2D eigenvalue weighted by molar-refractivity contribution is -0.140. The third-order valence-electron chi connectivity index (χ3n) is 2.60. The normalized spacial score (nSPS) is 20.1. The predicted octanol–water partition coefficient (Wildman–Crippen LogP) is 1.69. The largest absolute Gasteiger partial charge is 0.383 e. The molecule has 0 aromatic rings. The molecule has 0 aliphatic carbocycles. The molecule has 2 amide bonds. The fraction of sp³-hybridized carbons (Fsp3) is 0.833. The van der Waals surface area contributed by atoms with Crippen LogP contribution in [0.5, 0.6) is 0 Å². The number of imide groups is 1. The van der Waals surface area contributed by atoms with Crippen LogP contribution in [-0.4, -0.2) is 37.0 Å². The Hall–Kier alpha value is -0.900. The predicted molar refractivity (Wildman–Crippen MR) is 62.9 cm³/mol. The van der Waals surface area contributed by atoms with Crippen molar-refractivity contribution in [2.45, 2.75) is 34.1 Å². The van der Waals surface area contributed by atoms with Crippen LogP contribution in [0.25, 0.3) is 0 Å². The molecule has 4 heteroatoms. The number of carbonyl (C=O) groups is 2. The van der Waals surface area contributed by atoms with Gasteiger partial charge in [-0.1, -0.05) is 27.7 Å². The summed E-state index contributed by atoms with van der Waals surface area (Å²) in [6.45, 7) is 8.74. The first-order valence-corrected chi connectivity index (χ1v) is 5.91. The summed E-state index contributed by atoms with van der Waals surface area (Å²) >= 11 is 0. The van der Waals surface area contributed by atoms with E-state index in [0.717, 1.165) is 0 Å². The third-order valence-corrected chi connectivity index (χ3v) is 2.60. The maximum atomic E-state index is 11.7. The Labute approximate surface area is 98.0 Å². The minimum atomic E-state index is -0.126. The van der Waals surface area contributed by atoms with Crippen molar-refractivity contribution >= 4 is 11.8 Å². The van der Waals surface area contributed by atoms with Gasteiger partial charge in [-0.05, 0) is 5.92 Å². The van der Waals surface area contributed by atoms with Gasteiger partial charge in [-0.2, -0.15) is 0 Å². The zero-order valence-electron chi connectivity index (χ0n) is 10.9. The highest BCUT2D eigenvalue weighted by molar-refractivity contribution is 6.03. The van der Waals surface area contributed by atoms with Crippen LogP contribution in [0.2, 0.25) is 0 Å². The summed E-state index contributed by atoms with van der Waals surface area (Å²) < 4.78 is 4.85. The number of rotatable bonds is 4. The topological polar surface area (TPSA) is 46.6 Å². The fourth-order valence-electron chi connectivity index (χ4n) is 1.65. The number of hydrogen-bond donors (Lipinski definition) is 0. The van der Waals surface area contributed by atoms with Gasteiger partial charge in [0.05, 0.1) is 13.2 Å². The molecule has 0 aromatic heterocycles. The van der Waals surface area contributed by atoms with Gasteiger partial charge < -0.3 is 4.74 Å². The Morgan fingerprint density at radius 1 is 1.38 bits per heavy atom. The number of nitrogens with zero attached hydrogens (tertiary/aromatic N) is 1. The highest BCUT2D eigenvalue weighted by atomic mass is 16.5. The van der Waals surface area contributed by atoms with Gasteiger partial charge in [-0.15, -0.1) is 0 Å². The molecule has 0 N–H and O–H groups in total. The van der Waals surface area contributed by atoms with Gasteiger partial charge in [-0.3, -0.25) is 14.5 Å². The van der Waals surface area contributed by atoms with Crippen LogP contribution >= 0.6 is 0 Å². The quantitative estimate of drug-likeness (QED) is 0.689. The van der Waals surface area contributed by atoms with Crippen molar-refractivity contribution in [3.05, 3.63) is 0 Å². The SMILES string of the molecule is CC.COCCN1C(=O)CC(C(C)C)C1=O. The van der Waals surface area contributed by atoms with Crippen LogP contribution < -0.4 is 0 Å². The first-order valence-electron chi connectivity index (χ1n) is 5.91. The van der Waals surface area contributed by atoms with Gasteiger partial charge in [0.2, 0.25) is 11.8 Å². The van der Waals surface area contributed by atoms with Crippen LogP contribution in [0.3, 0.4) is 0 Å². The fourth-order valence-corrected chi connectivity index (χ4v) is 1.65. The Bertz CT molecular complexity index is 238. The zero-order valence-corrected chi connectivity index (χ0v) is 10.9. The number of likely N-dealkylation sites (tertiary alicyclic amines) is 1. The minimum absolute atomic E-state index is 0.0398. The van der Waals surface area contributed by atoms with Crippen molar-refractivity contribution < 1.29 is 14.3 Å². The smallest absolute Gasteiger partial charge is 0.233 e. The monoisotopic (exact) mass is 229 g/mol. The van der Waals surface area contributed by atoms with Crippen LogP contribution in [0.4, 0.5) is 0 Å². The highest BCUT2D eigenvalue weighted by Crippen LogP contribution is 2.25. The summed E-state index contributed by atoms with van der Waals surface area (Å²) in [5.74, 6) is 0.00570. The molecule has 1 unspecified atom stereocenters. The number of hydrogen-bond acceptors (Lipinski definition) is 3. The lowest BCUT2D eigenvalue weighted by Crippen LogP contribution is -2.34. The van der Waals surface area contributed by atoms with E-state index in [0.29, 0.717) is 19.6 Å². The van der Waals surface area contributed by atoms with Gasteiger partial charge in [0.1, 0.15) is 0 Å². The maximum Gasteiger partial charge on any atom is 0.233 e. The van der Waals surface area contributed by atoms with Crippen LogP contribution in [0, 0.1) is 11.8 Å². The number of amides is 2. The molecule has 16 heavy (non-hydrogen) atoms. The van der Waals surface area contributed by atoms with E-state index in [9.17, 15) is 9.59 Å². The second-order valence-corrected chi connectivity index (χ2v) is 3.93. The number of ether oxygens (including phenoxy) is 1. The minimum Gasteiger partial charge on any atom is -0.383 e. The summed E-state index contributed by atoms with van der Waals surface area (Å²) in [7, 11) is 1.56. The van der Waals surface area contributed by atoms with E-state index in [-0.39, 0.29) is 23.7 Å². The molecule has 1 aliphatic heterocycles. The molecule has 0 spiro atoms. The van der Waals surface area contributed by atoms with Gasteiger partial charge in [0, 0.05) is 19.4 Å². The van der Waals surface area contributed by atoms with E-state index in [1.165, 1.54) is 4.90 Å². The van der Waals surface area contributed by atoms with Crippen LogP contribution in [0.15, 0.2) is 0 Å². The Morgan fingerprint density at radius 2 is 1.94 bits per heavy atom. The summed E-state index contributed by atoms with van der Waals surface area (Å²) in [6.07, 6.45) is 0.361. The van der Waals surface area contributed by atoms with Crippen molar-refractivity contribution in [2.75, 3.05) is 20.3 Å². The number of carbonyl (C=O) groups excluding carboxylic acids is 2. The van der Waals surface area contributed by atoms with Crippen LogP contribution in [-0.2, 0) is 14.3 Å². The summed E-state index contributed by atoms with van der Waals surface area (Å²) in [5, 5.41) is 0. The van der Waals surface area contributed by atoms with Crippen molar-refractivity contribution in [3.63, 3.8) is 0 Å². The van der Waals surface area contributed by atoms with Gasteiger partial charge in [-0.25, -0.2) is 0 Å². The summed E-state index contributed by atoms with van der Waals surface area (Å²) in [4.78, 5) is 24.5. The molecule has 1 aliphatic rings. The number of methoxy groups -OCH3 is 1. The molecule has 1 rings (SSSR count). The molecule has 1 fully saturated rings. The van der Waals surface area contributed by atoms with E-state index in [1.807, 2.05) is 27.7 Å². The summed E-state index contributed by atoms with van der Waals surface area (Å²) in [5.41, 5.74) is 0. The first kappa shape index (κ1) is 15.1. The average molecular weight is 229 g/mol. The van der Waals surface area contributed by atoms with Crippen molar-refractivity contribution in [1.82, 2.24) is 4.90 Å².